The summed E-state index contributed by atoms with van der Waals surface area (Å²) in [6, 6.07) is 0. The van der Waals surface area contributed by atoms with Crippen LogP contribution in [0.25, 0.3) is 0 Å². The van der Waals surface area contributed by atoms with E-state index in [4.69, 9.17) is 0 Å². The quantitative estimate of drug-likeness (QED) is 0.849. The van der Waals surface area contributed by atoms with Crippen LogP contribution in [0, 0.1) is 5.92 Å². The highest BCUT2D eigenvalue weighted by atomic mass is 15.1. The van der Waals surface area contributed by atoms with Gasteiger partial charge in [-0.2, -0.15) is 0 Å². The first kappa shape index (κ1) is 11.6. The number of aryl methyl sites for hydroxylation is 1. The van der Waals surface area contributed by atoms with Crippen LogP contribution in [0.3, 0.4) is 0 Å². The Labute approximate surface area is 98.3 Å². The molecule has 0 amide bonds. The number of hydrogen-bond donors (Lipinski definition) is 1. The largest absolute Gasteiger partial charge is 0.334 e. The standard InChI is InChI=1S/C13H23N3/c1-10(2)6-8-16-9-14-12-11(16)5-7-15-13(12,3)4/h9-10,15H,5-8H2,1-4H3. The minimum Gasteiger partial charge on any atom is -0.334 e. The van der Waals surface area contributed by atoms with Gasteiger partial charge < -0.3 is 9.88 Å². The van der Waals surface area contributed by atoms with Crippen molar-refractivity contribution in [2.45, 2.75) is 52.6 Å². The first-order valence-corrected chi connectivity index (χ1v) is 6.30. The van der Waals surface area contributed by atoms with Crippen molar-refractivity contribution in [3.63, 3.8) is 0 Å². The molecule has 0 fully saturated rings. The number of fused-ring (bicyclic) bond motifs is 1. The van der Waals surface area contributed by atoms with Crippen LogP contribution in [0.1, 0.15) is 45.5 Å². The lowest BCUT2D eigenvalue weighted by Crippen LogP contribution is -2.43. The van der Waals surface area contributed by atoms with E-state index in [0.717, 1.165) is 25.4 Å². The molecule has 2 rings (SSSR count). The molecular weight excluding hydrogens is 198 g/mol. The molecule has 0 bridgehead atoms. The third-order valence-corrected chi connectivity index (χ3v) is 3.41. The van der Waals surface area contributed by atoms with Gasteiger partial charge in [0.2, 0.25) is 0 Å². The number of rotatable bonds is 3. The van der Waals surface area contributed by atoms with Gasteiger partial charge in [-0.05, 0) is 26.2 Å². The summed E-state index contributed by atoms with van der Waals surface area (Å²) >= 11 is 0. The minimum absolute atomic E-state index is 0.0384. The fourth-order valence-corrected chi connectivity index (χ4v) is 2.36. The maximum atomic E-state index is 4.59. The van der Waals surface area contributed by atoms with Crippen LogP contribution < -0.4 is 5.32 Å². The number of aromatic nitrogens is 2. The van der Waals surface area contributed by atoms with Crippen molar-refractivity contribution in [3.8, 4) is 0 Å². The summed E-state index contributed by atoms with van der Waals surface area (Å²) in [6.07, 6.45) is 4.36. The Kier molecular flexibility index (Phi) is 3.06. The molecule has 16 heavy (non-hydrogen) atoms. The molecule has 90 valence electrons. The molecule has 0 radical (unpaired) electrons. The van der Waals surface area contributed by atoms with Crippen LogP contribution >= 0.6 is 0 Å². The van der Waals surface area contributed by atoms with E-state index >= 15 is 0 Å². The highest BCUT2D eigenvalue weighted by molar-refractivity contribution is 5.24. The van der Waals surface area contributed by atoms with Crippen LogP contribution in [-0.2, 0) is 18.5 Å². The molecule has 0 saturated carbocycles. The molecule has 1 aliphatic rings. The Morgan fingerprint density at radius 3 is 2.94 bits per heavy atom. The summed E-state index contributed by atoms with van der Waals surface area (Å²) in [7, 11) is 0. The fourth-order valence-electron chi connectivity index (χ4n) is 2.36. The Morgan fingerprint density at radius 1 is 1.50 bits per heavy atom. The lowest BCUT2D eigenvalue weighted by Gasteiger charge is -2.31. The molecule has 0 spiro atoms. The summed E-state index contributed by atoms with van der Waals surface area (Å²) in [4.78, 5) is 4.59. The van der Waals surface area contributed by atoms with Crippen LogP contribution in [0.4, 0.5) is 0 Å². The predicted octanol–water partition coefficient (Wildman–Crippen LogP) is 2.31. The normalized spacial score (nSPS) is 18.8. The highest BCUT2D eigenvalue weighted by Gasteiger charge is 2.30. The van der Waals surface area contributed by atoms with Gasteiger partial charge in [0.1, 0.15) is 0 Å². The third-order valence-electron chi connectivity index (χ3n) is 3.41. The van der Waals surface area contributed by atoms with Gasteiger partial charge in [-0.3, -0.25) is 0 Å². The molecule has 1 aliphatic heterocycles. The van der Waals surface area contributed by atoms with Gasteiger partial charge in [0.15, 0.2) is 0 Å². The molecule has 1 N–H and O–H groups in total. The van der Waals surface area contributed by atoms with E-state index in [1.54, 1.807) is 0 Å². The Morgan fingerprint density at radius 2 is 2.25 bits per heavy atom. The van der Waals surface area contributed by atoms with Gasteiger partial charge in [0.25, 0.3) is 0 Å². The molecule has 3 heteroatoms. The number of imidazole rings is 1. The van der Waals surface area contributed by atoms with Crippen LogP contribution in [0.15, 0.2) is 6.33 Å². The maximum Gasteiger partial charge on any atom is 0.0952 e. The first-order chi connectivity index (χ1) is 7.50. The number of hydrogen-bond acceptors (Lipinski definition) is 2. The van der Waals surface area contributed by atoms with Crippen molar-refractivity contribution < 1.29 is 0 Å². The Hall–Kier alpha value is -0.830. The second-order valence-corrected chi connectivity index (χ2v) is 5.72. The van der Waals surface area contributed by atoms with E-state index in [1.807, 2.05) is 6.33 Å². The molecule has 0 aromatic carbocycles. The van der Waals surface area contributed by atoms with Crippen LogP contribution in [0.2, 0.25) is 0 Å². The monoisotopic (exact) mass is 221 g/mol. The fraction of sp³-hybridized carbons (Fsp3) is 0.769. The summed E-state index contributed by atoms with van der Waals surface area (Å²) in [6.45, 7) is 11.1. The first-order valence-electron chi connectivity index (χ1n) is 6.30. The van der Waals surface area contributed by atoms with Gasteiger partial charge in [-0.15, -0.1) is 0 Å². The number of nitrogens with one attached hydrogen (secondary N) is 1. The summed E-state index contributed by atoms with van der Waals surface area (Å²) < 4.78 is 2.35. The smallest absolute Gasteiger partial charge is 0.0952 e. The second-order valence-electron chi connectivity index (χ2n) is 5.72. The zero-order chi connectivity index (χ0) is 11.8. The lowest BCUT2D eigenvalue weighted by atomic mass is 9.93. The van der Waals surface area contributed by atoms with Crippen molar-refractivity contribution in [1.29, 1.82) is 0 Å². The summed E-state index contributed by atoms with van der Waals surface area (Å²) in [5.74, 6) is 0.757. The van der Waals surface area contributed by atoms with E-state index in [-0.39, 0.29) is 5.54 Å². The van der Waals surface area contributed by atoms with Gasteiger partial charge in [-0.1, -0.05) is 13.8 Å². The van der Waals surface area contributed by atoms with E-state index in [1.165, 1.54) is 17.8 Å². The molecule has 0 unspecified atom stereocenters. The van der Waals surface area contributed by atoms with Crippen molar-refractivity contribution in [2.75, 3.05) is 6.54 Å². The van der Waals surface area contributed by atoms with E-state index in [9.17, 15) is 0 Å². The van der Waals surface area contributed by atoms with E-state index in [2.05, 4.69) is 42.6 Å². The zero-order valence-electron chi connectivity index (χ0n) is 10.9. The van der Waals surface area contributed by atoms with Crippen molar-refractivity contribution >= 4 is 0 Å². The van der Waals surface area contributed by atoms with Crippen molar-refractivity contribution in [3.05, 3.63) is 17.7 Å². The topological polar surface area (TPSA) is 29.9 Å². The average molecular weight is 221 g/mol. The van der Waals surface area contributed by atoms with Crippen molar-refractivity contribution in [1.82, 2.24) is 14.9 Å². The van der Waals surface area contributed by atoms with Crippen molar-refractivity contribution in [2.24, 2.45) is 5.92 Å². The predicted molar refractivity (Wildman–Crippen MR) is 66.4 cm³/mol. The summed E-state index contributed by atoms with van der Waals surface area (Å²) in [5.41, 5.74) is 2.71. The molecule has 1 aromatic heterocycles. The van der Waals surface area contributed by atoms with Gasteiger partial charge >= 0.3 is 0 Å². The number of nitrogens with zero attached hydrogens (tertiary/aromatic N) is 2. The Bertz CT molecular complexity index is 363. The molecular formula is C13H23N3. The maximum absolute atomic E-state index is 4.59. The highest BCUT2D eigenvalue weighted by Crippen LogP contribution is 2.26. The summed E-state index contributed by atoms with van der Waals surface area (Å²) in [5, 5.41) is 3.52. The zero-order valence-corrected chi connectivity index (χ0v) is 10.9. The molecule has 2 heterocycles. The van der Waals surface area contributed by atoms with E-state index < -0.39 is 0 Å². The average Bonchev–Trinajstić information content (AvgIpc) is 2.59. The van der Waals surface area contributed by atoms with Gasteiger partial charge in [0.05, 0.1) is 17.6 Å². The molecule has 0 atom stereocenters. The Balaban J connectivity index is 2.20. The molecule has 0 saturated heterocycles. The van der Waals surface area contributed by atoms with Crippen LogP contribution in [-0.4, -0.2) is 16.1 Å². The SMILES string of the molecule is CC(C)CCn1cnc2c1CCNC2(C)C. The molecule has 1 aromatic rings. The van der Waals surface area contributed by atoms with Gasteiger partial charge in [-0.25, -0.2) is 4.98 Å². The lowest BCUT2D eigenvalue weighted by molar-refractivity contribution is 0.365. The van der Waals surface area contributed by atoms with Gasteiger partial charge in [0, 0.05) is 25.2 Å². The molecule has 3 nitrogen and oxygen atoms in total. The van der Waals surface area contributed by atoms with E-state index in [0.29, 0.717) is 0 Å². The second kappa shape index (κ2) is 4.21. The molecule has 0 aliphatic carbocycles. The van der Waals surface area contributed by atoms with Crippen LogP contribution in [0.5, 0.6) is 0 Å². The minimum atomic E-state index is 0.0384. The third kappa shape index (κ3) is 2.14.